The van der Waals surface area contributed by atoms with Crippen molar-refractivity contribution in [3.8, 4) is 22.5 Å². The number of amides is 1. The number of ether oxygens (including phenoxy) is 1. The minimum Gasteiger partial charge on any atom is -0.457 e. The SMILES string of the molecule is O=C1NC(COC(=O)C(F)(F)F)Cc2[nH]c(-c3ccnc(-c4ccccc4F)c3)cc21. The Hall–Kier alpha value is -3.69. The van der Waals surface area contributed by atoms with E-state index in [1.807, 2.05) is 0 Å². The Labute approximate surface area is 173 Å². The molecule has 0 bridgehead atoms. The Morgan fingerprint density at radius 2 is 1.94 bits per heavy atom. The molecule has 0 fully saturated rings. The van der Waals surface area contributed by atoms with Crippen LogP contribution in [0.5, 0.6) is 0 Å². The number of nitrogens with zero attached hydrogens (tertiary/aromatic N) is 1. The number of hydrogen-bond donors (Lipinski definition) is 2. The first-order valence-electron chi connectivity index (χ1n) is 9.20. The monoisotopic (exact) mass is 433 g/mol. The molecule has 1 aromatic carbocycles. The van der Waals surface area contributed by atoms with E-state index in [-0.39, 0.29) is 6.42 Å². The van der Waals surface area contributed by atoms with Crippen molar-refractivity contribution in [1.29, 1.82) is 0 Å². The van der Waals surface area contributed by atoms with Gasteiger partial charge in [0.05, 0.1) is 17.3 Å². The number of nitrogens with one attached hydrogen (secondary N) is 2. The van der Waals surface area contributed by atoms with E-state index in [2.05, 4.69) is 20.0 Å². The number of aromatic amines is 1. The third-order valence-corrected chi connectivity index (χ3v) is 4.80. The van der Waals surface area contributed by atoms with Crippen LogP contribution in [-0.2, 0) is 16.0 Å². The van der Waals surface area contributed by atoms with Gasteiger partial charge in [0.15, 0.2) is 0 Å². The van der Waals surface area contributed by atoms with Crippen LogP contribution in [0.1, 0.15) is 16.1 Å². The molecule has 1 unspecified atom stereocenters. The fraction of sp³-hybridized carbons (Fsp3) is 0.190. The Morgan fingerprint density at radius 1 is 1.16 bits per heavy atom. The molecule has 6 nitrogen and oxygen atoms in total. The quantitative estimate of drug-likeness (QED) is 0.486. The Bertz CT molecular complexity index is 1160. The molecule has 0 radical (unpaired) electrons. The molecule has 0 saturated heterocycles. The molecule has 0 spiro atoms. The number of rotatable bonds is 4. The van der Waals surface area contributed by atoms with Gasteiger partial charge >= 0.3 is 12.1 Å². The number of halogens is 4. The number of alkyl halides is 3. The first kappa shape index (κ1) is 20.6. The third kappa shape index (κ3) is 4.27. The maximum atomic E-state index is 14.1. The van der Waals surface area contributed by atoms with Crippen LogP contribution >= 0.6 is 0 Å². The maximum Gasteiger partial charge on any atom is 0.490 e. The van der Waals surface area contributed by atoms with E-state index in [1.165, 1.54) is 12.3 Å². The van der Waals surface area contributed by atoms with Crippen molar-refractivity contribution >= 4 is 11.9 Å². The molecule has 31 heavy (non-hydrogen) atoms. The average molecular weight is 433 g/mol. The summed E-state index contributed by atoms with van der Waals surface area (Å²) >= 11 is 0. The molecule has 1 aliphatic rings. The molecule has 0 saturated carbocycles. The fourth-order valence-electron chi connectivity index (χ4n) is 3.35. The van der Waals surface area contributed by atoms with Crippen LogP contribution in [0, 0.1) is 5.82 Å². The Kier molecular flexibility index (Phi) is 5.22. The lowest BCUT2D eigenvalue weighted by atomic mass is 10.0. The van der Waals surface area contributed by atoms with Crippen LogP contribution in [0.15, 0.2) is 48.7 Å². The molecule has 3 aromatic rings. The van der Waals surface area contributed by atoms with Crippen molar-refractivity contribution in [2.45, 2.75) is 18.6 Å². The number of fused-ring (bicyclic) bond motifs is 1. The molecule has 1 amide bonds. The minimum absolute atomic E-state index is 0.150. The lowest BCUT2D eigenvalue weighted by Crippen LogP contribution is -2.45. The highest BCUT2D eigenvalue weighted by molar-refractivity contribution is 5.98. The summed E-state index contributed by atoms with van der Waals surface area (Å²) in [5.41, 5.74) is 2.77. The van der Waals surface area contributed by atoms with E-state index in [0.29, 0.717) is 33.8 Å². The van der Waals surface area contributed by atoms with E-state index in [1.54, 1.807) is 36.4 Å². The lowest BCUT2D eigenvalue weighted by Gasteiger charge is -2.23. The zero-order valence-electron chi connectivity index (χ0n) is 15.8. The van der Waals surface area contributed by atoms with Crippen molar-refractivity contribution in [3.05, 3.63) is 65.7 Å². The van der Waals surface area contributed by atoms with Gasteiger partial charge in [0.25, 0.3) is 5.91 Å². The zero-order valence-corrected chi connectivity index (χ0v) is 15.8. The highest BCUT2D eigenvalue weighted by Gasteiger charge is 2.41. The second-order valence-electron chi connectivity index (χ2n) is 6.96. The predicted molar refractivity (Wildman–Crippen MR) is 101 cm³/mol. The van der Waals surface area contributed by atoms with Crippen molar-refractivity contribution in [2.24, 2.45) is 0 Å². The van der Waals surface area contributed by atoms with Gasteiger partial charge in [-0.2, -0.15) is 13.2 Å². The number of benzene rings is 1. The van der Waals surface area contributed by atoms with Gasteiger partial charge < -0.3 is 15.0 Å². The second-order valence-corrected chi connectivity index (χ2v) is 6.96. The number of esters is 1. The van der Waals surface area contributed by atoms with Gasteiger partial charge in [-0.3, -0.25) is 9.78 Å². The van der Waals surface area contributed by atoms with E-state index in [4.69, 9.17) is 0 Å². The van der Waals surface area contributed by atoms with Crippen LogP contribution in [0.4, 0.5) is 17.6 Å². The van der Waals surface area contributed by atoms with Gasteiger partial charge in [-0.15, -0.1) is 0 Å². The summed E-state index contributed by atoms with van der Waals surface area (Å²) in [5, 5.41) is 2.52. The number of H-pyrrole nitrogens is 1. The van der Waals surface area contributed by atoms with Crippen LogP contribution < -0.4 is 5.32 Å². The second kappa shape index (κ2) is 7.86. The summed E-state index contributed by atoms with van der Waals surface area (Å²) < 4.78 is 55.2. The summed E-state index contributed by atoms with van der Waals surface area (Å²) in [6, 6.07) is 10.3. The summed E-state index contributed by atoms with van der Waals surface area (Å²) in [7, 11) is 0. The number of carbonyl (C=O) groups excluding carboxylic acids is 2. The minimum atomic E-state index is -5.10. The van der Waals surface area contributed by atoms with Gasteiger partial charge in [0.1, 0.15) is 12.4 Å². The van der Waals surface area contributed by atoms with Crippen LogP contribution in [-0.4, -0.2) is 40.7 Å². The largest absolute Gasteiger partial charge is 0.490 e. The Balaban J connectivity index is 1.55. The average Bonchev–Trinajstić information content (AvgIpc) is 3.17. The topological polar surface area (TPSA) is 84.1 Å². The summed E-state index contributed by atoms with van der Waals surface area (Å²) in [6.07, 6.45) is -3.44. The predicted octanol–water partition coefficient (Wildman–Crippen LogP) is 3.64. The lowest BCUT2D eigenvalue weighted by molar-refractivity contribution is -0.200. The van der Waals surface area contributed by atoms with E-state index in [0.717, 1.165) is 0 Å². The number of carbonyl (C=O) groups is 2. The molecular weight excluding hydrogens is 418 g/mol. The van der Waals surface area contributed by atoms with E-state index >= 15 is 0 Å². The van der Waals surface area contributed by atoms with E-state index in [9.17, 15) is 27.2 Å². The van der Waals surface area contributed by atoms with Gasteiger partial charge in [-0.25, -0.2) is 9.18 Å². The molecule has 10 heteroatoms. The zero-order chi connectivity index (χ0) is 22.2. The highest BCUT2D eigenvalue weighted by Crippen LogP contribution is 2.29. The van der Waals surface area contributed by atoms with Gasteiger partial charge in [0.2, 0.25) is 0 Å². The number of aromatic nitrogens is 2. The van der Waals surface area contributed by atoms with Crippen LogP contribution in [0.3, 0.4) is 0 Å². The number of hydrogen-bond acceptors (Lipinski definition) is 4. The maximum absolute atomic E-state index is 14.1. The molecule has 160 valence electrons. The van der Waals surface area contributed by atoms with Gasteiger partial charge in [0, 0.05) is 35.1 Å². The summed E-state index contributed by atoms with van der Waals surface area (Å²) in [5.74, 6) is -3.23. The Morgan fingerprint density at radius 3 is 2.68 bits per heavy atom. The first-order valence-corrected chi connectivity index (χ1v) is 9.20. The van der Waals surface area contributed by atoms with Crippen molar-refractivity contribution in [3.63, 3.8) is 0 Å². The third-order valence-electron chi connectivity index (χ3n) is 4.80. The molecule has 2 aromatic heterocycles. The molecule has 1 atom stereocenters. The molecule has 2 N–H and O–H groups in total. The van der Waals surface area contributed by atoms with E-state index < -0.39 is 36.5 Å². The van der Waals surface area contributed by atoms with Crippen LogP contribution in [0.25, 0.3) is 22.5 Å². The van der Waals surface area contributed by atoms with Crippen molar-refractivity contribution in [2.75, 3.05) is 6.61 Å². The van der Waals surface area contributed by atoms with Crippen LogP contribution in [0.2, 0.25) is 0 Å². The number of pyridine rings is 1. The standard InChI is InChI=1S/C21H15F4N3O3/c22-15-4-2-1-3-13(15)17-7-11(5-6-26-17)16-9-14-18(28-16)8-12(27-19(14)29)10-31-20(30)21(23,24)25/h1-7,9,12,28H,8,10H2,(H,27,29). The van der Waals surface area contributed by atoms with Crippen molar-refractivity contribution < 1.29 is 31.9 Å². The smallest absolute Gasteiger partial charge is 0.457 e. The summed E-state index contributed by atoms with van der Waals surface area (Å²) in [6.45, 7) is -0.607. The molecule has 0 aliphatic carbocycles. The van der Waals surface area contributed by atoms with Gasteiger partial charge in [-0.05, 0) is 30.3 Å². The fourth-order valence-corrected chi connectivity index (χ4v) is 3.35. The van der Waals surface area contributed by atoms with Gasteiger partial charge in [-0.1, -0.05) is 12.1 Å². The highest BCUT2D eigenvalue weighted by atomic mass is 19.4. The molecule has 3 heterocycles. The normalized spacial score (nSPS) is 15.9. The first-order chi connectivity index (χ1) is 14.7. The molecular formula is C21H15F4N3O3. The van der Waals surface area contributed by atoms with Crippen molar-refractivity contribution in [1.82, 2.24) is 15.3 Å². The summed E-state index contributed by atoms with van der Waals surface area (Å²) in [4.78, 5) is 30.5. The molecule has 1 aliphatic heterocycles. The molecule has 4 rings (SSSR count).